The van der Waals surface area contributed by atoms with Crippen molar-refractivity contribution in [3.8, 4) is 17.2 Å². The zero-order valence-electron chi connectivity index (χ0n) is 9.89. The van der Waals surface area contributed by atoms with E-state index in [1.54, 1.807) is 18.2 Å². The SMILES string of the molecule is COc1cc(C=C2SC(=O)NC2=O)cc2c1OCO2. The molecule has 0 radical (unpaired) electrons. The molecule has 0 bridgehead atoms. The molecule has 1 saturated heterocycles. The second-order valence-corrected chi connectivity index (χ2v) is 4.82. The van der Waals surface area contributed by atoms with E-state index in [9.17, 15) is 9.59 Å². The minimum absolute atomic E-state index is 0.138. The summed E-state index contributed by atoms with van der Waals surface area (Å²) in [6.07, 6.45) is 1.61. The molecule has 0 atom stereocenters. The number of carbonyl (C=O) groups is 2. The number of carbonyl (C=O) groups excluding carboxylic acids is 2. The van der Waals surface area contributed by atoms with Gasteiger partial charge in [0.15, 0.2) is 11.5 Å². The van der Waals surface area contributed by atoms with E-state index in [1.165, 1.54) is 7.11 Å². The number of imide groups is 1. The molecule has 0 saturated carbocycles. The highest BCUT2D eigenvalue weighted by molar-refractivity contribution is 8.18. The lowest BCUT2D eigenvalue weighted by Crippen LogP contribution is -2.17. The second kappa shape index (κ2) is 4.51. The number of nitrogens with one attached hydrogen (secondary N) is 1. The van der Waals surface area contributed by atoms with Gasteiger partial charge in [0.2, 0.25) is 12.5 Å². The summed E-state index contributed by atoms with van der Waals surface area (Å²) in [4.78, 5) is 22.9. The maximum Gasteiger partial charge on any atom is 0.290 e. The average Bonchev–Trinajstić information content (AvgIpc) is 2.95. The van der Waals surface area contributed by atoms with Crippen molar-refractivity contribution in [2.24, 2.45) is 0 Å². The third kappa shape index (κ3) is 2.12. The van der Waals surface area contributed by atoms with Gasteiger partial charge < -0.3 is 14.2 Å². The molecule has 2 amide bonds. The normalized spacial score (nSPS) is 18.9. The minimum atomic E-state index is -0.397. The Hall–Kier alpha value is -2.15. The Balaban J connectivity index is 2.00. The standard InChI is InChI=1S/C12H9NO5S/c1-16-7-2-6(3-8-10(7)18-5-17-8)4-9-11(14)13-12(15)19-9/h2-4H,5H2,1H3,(H,13,14,15). The van der Waals surface area contributed by atoms with Crippen LogP contribution in [0.1, 0.15) is 5.56 Å². The fourth-order valence-electron chi connectivity index (χ4n) is 1.81. The number of ether oxygens (including phenoxy) is 3. The highest BCUT2D eigenvalue weighted by atomic mass is 32.2. The van der Waals surface area contributed by atoms with Crippen molar-refractivity contribution in [1.29, 1.82) is 0 Å². The van der Waals surface area contributed by atoms with Crippen LogP contribution in [0.25, 0.3) is 6.08 Å². The van der Waals surface area contributed by atoms with Crippen molar-refractivity contribution in [3.63, 3.8) is 0 Å². The molecule has 2 aliphatic rings. The molecule has 1 N–H and O–H groups in total. The summed E-state index contributed by atoms with van der Waals surface area (Å²) < 4.78 is 15.8. The zero-order chi connectivity index (χ0) is 13.4. The number of rotatable bonds is 2. The second-order valence-electron chi connectivity index (χ2n) is 3.81. The molecule has 3 rings (SSSR count). The van der Waals surface area contributed by atoms with E-state index in [4.69, 9.17) is 14.2 Å². The molecule has 6 nitrogen and oxygen atoms in total. The fraction of sp³-hybridized carbons (Fsp3) is 0.167. The smallest absolute Gasteiger partial charge is 0.290 e. The Kier molecular flexibility index (Phi) is 2.83. The predicted octanol–water partition coefficient (Wildman–Crippen LogP) is 1.75. The summed E-state index contributed by atoms with van der Waals surface area (Å²) in [5.41, 5.74) is 0.702. The number of amides is 2. The molecule has 7 heteroatoms. The quantitative estimate of drug-likeness (QED) is 0.831. The number of methoxy groups -OCH3 is 1. The number of fused-ring (bicyclic) bond motifs is 1. The van der Waals surface area contributed by atoms with Crippen molar-refractivity contribution in [1.82, 2.24) is 5.32 Å². The van der Waals surface area contributed by atoms with E-state index in [0.717, 1.165) is 11.8 Å². The first kappa shape index (κ1) is 11.9. The van der Waals surface area contributed by atoms with Crippen molar-refractivity contribution in [3.05, 3.63) is 22.6 Å². The van der Waals surface area contributed by atoms with Crippen LogP contribution in [-0.4, -0.2) is 25.0 Å². The first-order valence-corrected chi connectivity index (χ1v) is 6.21. The van der Waals surface area contributed by atoms with Gasteiger partial charge in [0.1, 0.15) is 0 Å². The molecular weight excluding hydrogens is 270 g/mol. The lowest BCUT2D eigenvalue weighted by atomic mass is 10.1. The third-order valence-electron chi connectivity index (χ3n) is 2.62. The van der Waals surface area contributed by atoms with E-state index < -0.39 is 5.91 Å². The van der Waals surface area contributed by atoms with Crippen LogP contribution in [0.4, 0.5) is 4.79 Å². The molecular formula is C12H9NO5S. The number of benzene rings is 1. The van der Waals surface area contributed by atoms with Crippen LogP contribution in [-0.2, 0) is 4.79 Å². The third-order valence-corrected chi connectivity index (χ3v) is 3.43. The maximum absolute atomic E-state index is 11.5. The molecule has 1 aromatic rings. The maximum atomic E-state index is 11.5. The summed E-state index contributed by atoms with van der Waals surface area (Å²) in [5.74, 6) is 1.23. The Labute approximate surface area is 112 Å². The topological polar surface area (TPSA) is 73.9 Å². The Morgan fingerprint density at radius 1 is 1.37 bits per heavy atom. The van der Waals surface area contributed by atoms with Gasteiger partial charge in [-0.1, -0.05) is 0 Å². The van der Waals surface area contributed by atoms with E-state index in [0.29, 0.717) is 27.7 Å². The molecule has 2 heterocycles. The first-order chi connectivity index (χ1) is 9.17. The summed E-state index contributed by atoms with van der Waals surface area (Å²) in [5, 5.41) is 1.83. The summed E-state index contributed by atoms with van der Waals surface area (Å²) >= 11 is 0.864. The highest BCUT2D eigenvalue weighted by Gasteiger charge is 2.26. The van der Waals surface area contributed by atoms with Crippen molar-refractivity contribution in [2.45, 2.75) is 0 Å². The largest absolute Gasteiger partial charge is 0.493 e. The minimum Gasteiger partial charge on any atom is -0.493 e. The van der Waals surface area contributed by atoms with E-state index >= 15 is 0 Å². The van der Waals surface area contributed by atoms with E-state index in [2.05, 4.69) is 5.32 Å². The van der Waals surface area contributed by atoms with Gasteiger partial charge in [-0.05, 0) is 35.5 Å². The summed E-state index contributed by atoms with van der Waals surface area (Å²) in [6, 6.07) is 3.45. The fourth-order valence-corrected chi connectivity index (χ4v) is 2.49. The molecule has 0 aliphatic carbocycles. The van der Waals surface area contributed by atoms with Crippen LogP contribution in [0.3, 0.4) is 0 Å². The lowest BCUT2D eigenvalue weighted by molar-refractivity contribution is -0.115. The van der Waals surface area contributed by atoms with Gasteiger partial charge in [-0.3, -0.25) is 14.9 Å². The number of hydrogen-bond acceptors (Lipinski definition) is 6. The van der Waals surface area contributed by atoms with Crippen LogP contribution >= 0.6 is 11.8 Å². The van der Waals surface area contributed by atoms with E-state index in [-0.39, 0.29) is 12.0 Å². The molecule has 0 aromatic heterocycles. The van der Waals surface area contributed by atoms with Gasteiger partial charge in [0, 0.05) is 0 Å². The monoisotopic (exact) mass is 279 g/mol. The number of hydrogen-bond donors (Lipinski definition) is 1. The van der Waals surface area contributed by atoms with Crippen molar-refractivity contribution >= 4 is 29.0 Å². The van der Waals surface area contributed by atoms with Gasteiger partial charge in [-0.2, -0.15) is 0 Å². The van der Waals surface area contributed by atoms with Crippen LogP contribution < -0.4 is 19.5 Å². The van der Waals surface area contributed by atoms with Gasteiger partial charge >= 0.3 is 0 Å². The molecule has 1 aromatic carbocycles. The summed E-state index contributed by atoms with van der Waals surface area (Å²) in [6.45, 7) is 0.138. The Morgan fingerprint density at radius 2 is 2.21 bits per heavy atom. The summed E-state index contributed by atoms with van der Waals surface area (Å²) in [7, 11) is 1.52. The average molecular weight is 279 g/mol. The van der Waals surface area contributed by atoms with Gasteiger partial charge in [0.25, 0.3) is 11.1 Å². The lowest BCUT2D eigenvalue weighted by Gasteiger charge is -2.06. The number of thioether (sulfide) groups is 1. The van der Waals surface area contributed by atoms with Crippen molar-refractivity contribution < 1.29 is 23.8 Å². The molecule has 1 fully saturated rings. The van der Waals surface area contributed by atoms with Crippen LogP contribution in [0.5, 0.6) is 17.2 Å². The molecule has 19 heavy (non-hydrogen) atoms. The van der Waals surface area contributed by atoms with Crippen LogP contribution in [0.15, 0.2) is 17.0 Å². The first-order valence-electron chi connectivity index (χ1n) is 5.40. The molecule has 0 unspecified atom stereocenters. The van der Waals surface area contributed by atoms with Gasteiger partial charge in [-0.25, -0.2) is 0 Å². The van der Waals surface area contributed by atoms with E-state index in [1.807, 2.05) is 0 Å². The zero-order valence-corrected chi connectivity index (χ0v) is 10.7. The molecule has 2 aliphatic heterocycles. The Morgan fingerprint density at radius 3 is 2.89 bits per heavy atom. The van der Waals surface area contributed by atoms with Crippen LogP contribution in [0.2, 0.25) is 0 Å². The van der Waals surface area contributed by atoms with Gasteiger partial charge in [0.05, 0.1) is 12.0 Å². The Bertz CT molecular complexity index is 610. The molecule has 0 spiro atoms. The van der Waals surface area contributed by atoms with Gasteiger partial charge in [-0.15, -0.1) is 0 Å². The van der Waals surface area contributed by atoms with Crippen molar-refractivity contribution in [2.75, 3.05) is 13.9 Å². The molecule has 98 valence electrons. The highest BCUT2D eigenvalue weighted by Crippen LogP contribution is 2.42. The predicted molar refractivity (Wildman–Crippen MR) is 68.2 cm³/mol. The van der Waals surface area contributed by atoms with Crippen LogP contribution in [0, 0.1) is 0 Å².